The molecule has 1 N–H and O–H groups in total. The lowest BCUT2D eigenvalue weighted by Crippen LogP contribution is -2.17. The highest BCUT2D eigenvalue weighted by atomic mass is 35.5. The topological polar surface area (TPSA) is 67.3 Å². The summed E-state index contributed by atoms with van der Waals surface area (Å²) in [5.74, 6) is -1.98. The van der Waals surface area contributed by atoms with E-state index in [9.17, 15) is 14.7 Å². The normalized spacial score (nSPS) is 11.9. The van der Waals surface area contributed by atoms with E-state index in [-0.39, 0.29) is 18.6 Å². The molecule has 1 unspecified atom stereocenters. The van der Waals surface area contributed by atoms with Gasteiger partial charge in [-0.2, -0.15) is 0 Å². The summed E-state index contributed by atoms with van der Waals surface area (Å²) in [4.78, 5) is 28.4. The van der Waals surface area contributed by atoms with Gasteiger partial charge in [-0.3, -0.25) is 9.59 Å². The van der Waals surface area contributed by atoms with Crippen LogP contribution < -0.4 is 0 Å². The highest BCUT2D eigenvalue weighted by Crippen LogP contribution is 2.26. The maximum Gasteiger partial charge on any atom is 0.311 e. The van der Waals surface area contributed by atoms with Crippen molar-refractivity contribution in [1.29, 1.82) is 0 Å². The first-order valence-electron chi connectivity index (χ1n) is 8.02. The van der Waals surface area contributed by atoms with Gasteiger partial charge in [-0.15, -0.1) is 11.3 Å². The third kappa shape index (κ3) is 4.56. The molecule has 1 aromatic heterocycles. The Kier molecular flexibility index (Phi) is 5.81. The summed E-state index contributed by atoms with van der Waals surface area (Å²) < 4.78 is 0. The molecule has 0 radical (unpaired) electrons. The largest absolute Gasteiger partial charge is 0.481 e. The molecule has 0 amide bonds. The van der Waals surface area contributed by atoms with Gasteiger partial charge in [0.25, 0.3) is 0 Å². The van der Waals surface area contributed by atoms with Crippen molar-refractivity contribution < 1.29 is 14.7 Å². The first kappa shape index (κ1) is 18.3. The number of ketones is 1. The number of halogens is 1. The fourth-order valence-corrected chi connectivity index (χ4v) is 3.60. The van der Waals surface area contributed by atoms with Gasteiger partial charge in [0, 0.05) is 28.8 Å². The fraction of sp³-hybridized carbons (Fsp3) is 0.150. The molecule has 3 aromatic rings. The summed E-state index contributed by atoms with van der Waals surface area (Å²) in [6.45, 7) is 0. The molecule has 26 heavy (non-hydrogen) atoms. The van der Waals surface area contributed by atoms with Crippen molar-refractivity contribution in [3.8, 4) is 10.6 Å². The van der Waals surface area contributed by atoms with Gasteiger partial charge in [-0.25, -0.2) is 4.98 Å². The summed E-state index contributed by atoms with van der Waals surface area (Å²) >= 11 is 7.34. The van der Waals surface area contributed by atoms with Gasteiger partial charge in [0.2, 0.25) is 0 Å². The summed E-state index contributed by atoms with van der Waals surface area (Å²) in [6, 6.07) is 16.2. The maximum absolute atomic E-state index is 12.4. The third-order valence-electron chi connectivity index (χ3n) is 3.95. The molecular formula is C20H16ClNO3S. The molecule has 1 heterocycles. The maximum atomic E-state index is 12.4. The number of aromatic nitrogens is 1. The Morgan fingerprint density at radius 2 is 1.77 bits per heavy atom. The van der Waals surface area contributed by atoms with Gasteiger partial charge in [-0.1, -0.05) is 54.1 Å². The molecule has 0 spiro atoms. The predicted molar refractivity (Wildman–Crippen MR) is 103 cm³/mol. The second-order valence-electron chi connectivity index (χ2n) is 5.87. The van der Waals surface area contributed by atoms with Gasteiger partial charge in [-0.05, 0) is 17.7 Å². The Labute approximate surface area is 160 Å². The predicted octanol–water partition coefficient (Wildman–Crippen LogP) is 4.83. The quantitative estimate of drug-likeness (QED) is 0.632. The van der Waals surface area contributed by atoms with E-state index in [1.54, 1.807) is 36.4 Å². The summed E-state index contributed by atoms with van der Waals surface area (Å²) in [5.41, 5.74) is 2.22. The molecule has 0 fully saturated rings. The van der Waals surface area contributed by atoms with E-state index >= 15 is 0 Å². The number of thiazole rings is 1. The minimum Gasteiger partial charge on any atom is -0.481 e. The minimum absolute atomic E-state index is 0.0485. The first-order valence-corrected chi connectivity index (χ1v) is 9.28. The monoisotopic (exact) mass is 385 g/mol. The zero-order valence-corrected chi connectivity index (χ0v) is 15.3. The smallest absolute Gasteiger partial charge is 0.311 e. The van der Waals surface area contributed by atoms with Crippen molar-refractivity contribution in [2.75, 3.05) is 0 Å². The molecule has 2 aromatic carbocycles. The number of hydrogen-bond acceptors (Lipinski definition) is 4. The Balaban J connectivity index is 1.68. The van der Waals surface area contributed by atoms with Crippen LogP contribution in [0, 0.1) is 0 Å². The lowest BCUT2D eigenvalue weighted by molar-refractivity contribution is -0.140. The lowest BCUT2D eigenvalue weighted by Gasteiger charge is -2.11. The molecule has 0 bridgehead atoms. The van der Waals surface area contributed by atoms with Crippen molar-refractivity contribution in [3.05, 3.63) is 76.3 Å². The summed E-state index contributed by atoms with van der Waals surface area (Å²) in [6.07, 6.45) is 0.0772. The molecular weight excluding hydrogens is 370 g/mol. The molecule has 0 aliphatic heterocycles. The van der Waals surface area contributed by atoms with Crippen LogP contribution in [0.15, 0.2) is 60.0 Å². The van der Waals surface area contributed by atoms with E-state index in [0.717, 1.165) is 10.6 Å². The van der Waals surface area contributed by atoms with Crippen LogP contribution in [0.5, 0.6) is 0 Å². The number of hydrogen-bond donors (Lipinski definition) is 1. The molecule has 0 saturated heterocycles. The molecule has 1 atom stereocenters. The number of carbonyl (C=O) groups excluding carboxylic acids is 1. The van der Waals surface area contributed by atoms with Gasteiger partial charge < -0.3 is 5.11 Å². The van der Waals surface area contributed by atoms with E-state index in [0.29, 0.717) is 16.3 Å². The van der Waals surface area contributed by atoms with Crippen LogP contribution in [0.3, 0.4) is 0 Å². The van der Waals surface area contributed by atoms with E-state index in [4.69, 9.17) is 11.6 Å². The van der Waals surface area contributed by atoms with Crippen LogP contribution >= 0.6 is 22.9 Å². The number of carbonyl (C=O) groups is 2. The van der Waals surface area contributed by atoms with Gasteiger partial charge in [0.1, 0.15) is 10.8 Å². The number of Topliss-reactive ketones (excluding diaryl/α,β-unsaturated/α-hetero) is 1. The van der Waals surface area contributed by atoms with Gasteiger partial charge in [0.15, 0.2) is 0 Å². The Hall–Kier alpha value is -2.50. The zero-order valence-electron chi connectivity index (χ0n) is 13.8. The average molecular weight is 386 g/mol. The van der Waals surface area contributed by atoms with E-state index in [1.165, 1.54) is 11.3 Å². The van der Waals surface area contributed by atoms with Crippen molar-refractivity contribution in [2.24, 2.45) is 0 Å². The van der Waals surface area contributed by atoms with Crippen molar-refractivity contribution in [3.63, 3.8) is 0 Å². The number of aliphatic carboxylic acids is 1. The average Bonchev–Trinajstić information content (AvgIpc) is 3.09. The number of nitrogens with zero attached hydrogens (tertiary/aromatic N) is 1. The number of carboxylic acids is 1. The Morgan fingerprint density at radius 1 is 1.08 bits per heavy atom. The third-order valence-corrected chi connectivity index (χ3v) is 5.15. The zero-order chi connectivity index (χ0) is 18.5. The molecule has 4 nitrogen and oxygen atoms in total. The van der Waals surface area contributed by atoms with Crippen LogP contribution in [0.25, 0.3) is 10.6 Å². The van der Waals surface area contributed by atoms with Gasteiger partial charge >= 0.3 is 5.97 Å². The number of rotatable bonds is 7. The van der Waals surface area contributed by atoms with Crippen LogP contribution in [-0.4, -0.2) is 21.8 Å². The number of carboxylic acid groups (broad SMARTS) is 1. The van der Waals surface area contributed by atoms with Crippen molar-refractivity contribution >= 4 is 34.7 Å². The first-order chi connectivity index (χ1) is 12.5. The van der Waals surface area contributed by atoms with E-state index in [2.05, 4.69) is 4.98 Å². The standard InChI is InChI=1S/C20H16ClNO3S/c21-15-8-6-14(7-9-15)19-22-16(12-26-19)10-17(23)11-18(20(24)25)13-4-2-1-3-5-13/h1-9,12,18H,10-11H2,(H,24,25). The van der Waals surface area contributed by atoms with Gasteiger partial charge in [0.05, 0.1) is 11.6 Å². The highest BCUT2D eigenvalue weighted by Gasteiger charge is 2.23. The lowest BCUT2D eigenvalue weighted by atomic mass is 9.93. The molecule has 3 rings (SSSR count). The number of benzene rings is 2. The minimum atomic E-state index is -0.996. The molecule has 0 saturated carbocycles. The molecule has 0 aliphatic rings. The SMILES string of the molecule is O=C(Cc1csc(-c2ccc(Cl)cc2)n1)CC(C(=O)O)c1ccccc1. The second-order valence-corrected chi connectivity index (χ2v) is 7.17. The van der Waals surface area contributed by atoms with Crippen LogP contribution in [0.4, 0.5) is 0 Å². The van der Waals surface area contributed by atoms with E-state index in [1.807, 2.05) is 23.6 Å². The Bertz CT molecular complexity index is 906. The summed E-state index contributed by atoms with van der Waals surface area (Å²) in [7, 11) is 0. The molecule has 132 valence electrons. The van der Waals surface area contributed by atoms with Crippen LogP contribution in [0.2, 0.25) is 5.02 Å². The Morgan fingerprint density at radius 3 is 2.42 bits per heavy atom. The van der Waals surface area contributed by atoms with Crippen molar-refractivity contribution in [2.45, 2.75) is 18.8 Å². The summed E-state index contributed by atoms with van der Waals surface area (Å²) in [5, 5.41) is 12.7. The van der Waals surface area contributed by atoms with Crippen LogP contribution in [-0.2, 0) is 16.0 Å². The highest BCUT2D eigenvalue weighted by molar-refractivity contribution is 7.13. The second kappa shape index (κ2) is 8.25. The fourth-order valence-electron chi connectivity index (χ4n) is 2.65. The van der Waals surface area contributed by atoms with Crippen LogP contribution in [0.1, 0.15) is 23.6 Å². The van der Waals surface area contributed by atoms with E-state index < -0.39 is 11.9 Å². The molecule has 6 heteroatoms. The molecule has 0 aliphatic carbocycles. The van der Waals surface area contributed by atoms with Crippen molar-refractivity contribution in [1.82, 2.24) is 4.98 Å².